The van der Waals surface area contributed by atoms with Crippen molar-refractivity contribution in [2.45, 2.75) is 20.1 Å². The van der Waals surface area contributed by atoms with E-state index in [1.54, 1.807) is 60.7 Å². The minimum absolute atomic E-state index is 0.128. The van der Waals surface area contributed by atoms with Gasteiger partial charge < -0.3 is 19.5 Å². The number of nitrogens with one attached hydrogen (secondary N) is 1. The molecule has 1 amide bonds. The summed E-state index contributed by atoms with van der Waals surface area (Å²) in [5.74, 6) is 0.697. The van der Waals surface area contributed by atoms with Crippen LogP contribution in [0.1, 0.15) is 23.6 Å². The number of ether oxygens (including phenoxy) is 3. The standard InChI is InChI=1S/C32H24Cl4N2O4/c1-2-40-30-16-21(15-29(36)31(30)42-18-20-7-12-27(34)28(35)14-20)13-23(17-37)32(39)38-24-8-10-25(11-9-24)41-19-22-5-3-4-6-26(22)33/h3-16H,2,18-19H2,1H3,(H,38,39)/b23-13+. The minimum Gasteiger partial charge on any atom is -0.490 e. The van der Waals surface area contributed by atoms with Crippen LogP contribution in [-0.4, -0.2) is 12.5 Å². The highest BCUT2D eigenvalue weighted by atomic mass is 35.5. The van der Waals surface area contributed by atoms with Crippen molar-refractivity contribution in [3.8, 4) is 23.3 Å². The fraction of sp³-hybridized carbons (Fsp3) is 0.125. The van der Waals surface area contributed by atoms with E-state index in [9.17, 15) is 10.1 Å². The summed E-state index contributed by atoms with van der Waals surface area (Å²) in [6.45, 7) is 2.64. The third kappa shape index (κ3) is 8.34. The zero-order valence-corrected chi connectivity index (χ0v) is 25.3. The Balaban J connectivity index is 1.44. The molecule has 0 fully saturated rings. The van der Waals surface area contributed by atoms with Crippen LogP contribution in [0, 0.1) is 11.3 Å². The Morgan fingerprint density at radius 3 is 2.29 bits per heavy atom. The second kappa shape index (κ2) is 14.9. The van der Waals surface area contributed by atoms with Crippen LogP contribution in [0.15, 0.2) is 84.4 Å². The zero-order chi connectivity index (χ0) is 30.1. The first-order chi connectivity index (χ1) is 20.3. The van der Waals surface area contributed by atoms with Crippen LogP contribution in [0.2, 0.25) is 20.1 Å². The number of benzene rings is 4. The maximum atomic E-state index is 12.9. The van der Waals surface area contributed by atoms with Gasteiger partial charge in [0.1, 0.15) is 30.6 Å². The molecule has 0 aliphatic carbocycles. The maximum Gasteiger partial charge on any atom is 0.266 e. The zero-order valence-electron chi connectivity index (χ0n) is 22.3. The molecule has 4 rings (SSSR count). The predicted molar refractivity (Wildman–Crippen MR) is 168 cm³/mol. The first kappa shape index (κ1) is 31.1. The lowest BCUT2D eigenvalue weighted by Gasteiger charge is -2.15. The summed E-state index contributed by atoms with van der Waals surface area (Å²) >= 11 is 24.8. The molecule has 4 aromatic carbocycles. The van der Waals surface area contributed by atoms with Crippen molar-refractivity contribution in [1.29, 1.82) is 5.26 Å². The second-order valence-corrected chi connectivity index (χ2v) is 10.5. The first-order valence-electron chi connectivity index (χ1n) is 12.7. The van der Waals surface area contributed by atoms with Crippen molar-refractivity contribution in [2.75, 3.05) is 11.9 Å². The Morgan fingerprint density at radius 2 is 1.60 bits per heavy atom. The van der Waals surface area contributed by atoms with Gasteiger partial charge in [-0.05, 0) is 78.7 Å². The lowest BCUT2D eigenvalue weighted by Crippen LogP contribution is -2.13. The van der Waals surface area contributed by atoms with Crippen LogP contribution in [0.4, 0.5) is 5.69 Å². The molecule has 0 spiro atoms. The first-order valence-corrected chi connectivity index (χ1v) is 14.2. The van der Waals surface area contributed by atoms with Gasteiger partial charge in [0.25, 0.3) is 5.91 Å². The van der Waals surface area contributed by atoms with Crippen LogP contribution in [0.3, 0.4) is 0 Å². The SMILES string of the molecule is CCOc1cc(/C=C(\C#N)C(=O)Nc2ccc(OCc3ccccc3Cl)cc2)cc(Cl)c1OCc1ccc(Cl)c(Cl)c1. The van der Waals surface area contributed by atoms with E-state index in [1.165, 1.54) is 6.08 Å². The van der Waals surface area contributed by atoms with E-state index in [2.05, 4.69) is 5.32 Å². The van der Waals surface area contributed by atoms with Gasteiger partial charge in [0.15, 0.2) is 11.5 Å². The predicted octanol–water partition coefficient (Wildman–Crippen LogP) is 9.40. The molecule has 0 atom stereocenters. The van der Waals surface area contributed by atoms with Crippen LogP contribution in [0.5, 0.6) is 17.2 Å². The molecule has 6 nitrogen and oxygen atoms in total. The number of rotatable bonds is 11. The van der Waals surface area contributed by atoms with Crippen molar-refractivity contribution >= 4 is 64.1 Å². The van der Waals surface area contributed by atoms with E-state index in [4.69, 9.17) is 60.6 Å². The van der Waals surface area contributed by atoms with Gasteiger partial charge in [0, 0.05) is 16.3 Å². The Bertz CT molecular complexity index is 1650. The fourth-order valence-electron chi connectivity index (χ4n) is 3.78. The smallest absolute Gasteiger partial charge is 0.266 e. The molecule has 0 aromatic heterocycles. The van der Waals surface area contributed by atoms with Gasteiger partial charge in [-0.1, -0.05) is 70.7 Å². The summed E-state index contributed by atoms with van der Waals surface area (Å²) in [6, 6.07) is 24.6. The van der Waals surface area contributed by atoms with Gasteiger partial charge in [-0.25, -0.2) is 0 Å². The third-order valence-electron chi connectivity index (χ3n) is 5.84. The van der Waals surface area contributed by atoms with Crippen molar-refractivity contribution in [1.82, 2.24) is 0 Å². The molecule has 0 unspecified atom stereocenters. The number of carbonyl (C=O) groups excluding carboxylic acids is 1. The van der Waals surface area contributed by atoms with Gasteiger partial charge in [-0.15, -0.1) is 0 Å². The fourth-order valence-corrected chi connectivity index (χ4v) is 4.57. The van der Waals surface area contributed by atoms with Gasteiger partial charge in [0.2, 0.25) is 0 Å². The molecule has 0 aliphatic heterocycles. The average Bonchev–Trinajstić information content (AvgIpc) is 2.97. The highest BCUT2D eigenvalue weighted by Crippen LogP contribution is 2.38. The maximum absolute atomic E-state index is 12.9. The lowest BCUT2D eigenvalue weighted by molar-refractivity contribution is -0.112. The van der Waals surface area contributed by atoms with E-state index in [0.29, 0.717) is 56.8 Å². The normalized spacial score (nSPS) is 11.0. The van der Waals surface area contributed by atoms with Crippen molar-refractivity contribution in [2.24, 2.45) is 0 Å². The van der Waals surface area contributed by atoms with Crippen molar-refractivity contribution in [3.63, 3.8) is 0 Å². The summed E-state index contributed by atoms with van der Waals surface area (Å²) in [7, 11) is 0. The topological polar surface area (TPSA) is 80.6 Å². The largest absolute Gasteiger partial charge is 0.490 e. The Hall–Kier alpha value is -3.86. The van der Waals surface area contributed by atoms with Gasteiger partial charge in [-0.2, -0.15) is 5.26 Å². The van der Waals surface area contributed by atoms with Crippen LogP contribution in [-0.2, 0) is 18.0 Å². The number of halogens is 4. The molecular formula is C32H24Cl4N2O4. The second-order valence-electron chi connectivity index (χ2n) is 8.83. The summed E-state index contributed by atoms with van der Waals surface area (Å²) in [6.07, 6.45) is 1.42. The number of nitriles is 1. The van der Waals surface area contributed by atoms with Gasteiger partial charge >= 0.3 is 0 Å². The molecule has 0 saturated carbocycles. The third-order valence-corrected chi connectivity index (χ3v) is 7.23. The van der Waals surface area contributed by atoms with Crippen molar-refractivity contribution in [3.05, 3.63) is 121 Å². The number of amides is 1. The number of anilines is 1. The number of hydrogen-bond donors (Lipinski definition) is 1. The van der Waals surface area contributed by atoms with E-state index < -0.39 is 5.91 Å². The van der Waals surface area contributed by atoms with Crippen molar-refractivity contribution < 1.29 is 19.0 Å². The minimum atomic E-state index is -0.587. The van der Waals surface area contributed by atoms with Gasteiger partial charge in [0.05, 0.1) is 21.7 Å². The highest BCUT2D eigenvalue weighted by molar-refractivity contribution is 6.42. The molecule has 10 heteroatoms. The molecule has 0 radical (unpaired) electrons. The van der Waals surface area contributed by atoms with E-state index >= 15 is 0 Å². The summed E-state index contributed by atoms with van der Waals surface area (Å²) < 4.78 is 17.4. The highest BCUT2D eigenvalue weighted by Gasteiger charge is 2.15. The molecule has 0 aliphatic rings. The summed E-state index contributed by atoms with van der Waals surface area (Å²) in [5.41, 5.74) is 2.50. The Labute approximate surface area is 263 Å². The van der Waals surface area contributed by atoms with Crippen LogP contribution in [0.25, 0.3) is 6.08 Å². The van der Waals surface area contributed by atoms with Crippen LogP contribution < -0.4 is 19.5 Å². The molecule has 0 heterocycles. The van der Waals surface area contributed by atoms with E-state index in [0.717, 1.165) is 11.1 Å². The number of nitrogens with zero attached hydrogens (tertiary/aromatic N) is 1. The summed E-state index contributed by atoms with van der Waals surface area (Å²) in [5, 5.41) is 14.2. The number of hydrogen-bond acceptors (Lipinski definition) is 5. The molecule has 42 heavy (non-hydrogen) atoms. The molecule has 0 saturated heterocycles. The molecule has 4 aromatic rings. The molecule has 0 bridgehead atoms. The quantitative estimate of drug-likeness (QED) is 0.130. The monoisotopic (exact) mass is 640 g/mol. The Kier molecular flexibility index (Phi) is 11.0. The Morgan fingerprint density at radius 1 is 0.833 bits per heavy atom. The van der Waals surface area contributed by atoms with Gasteiger partial charge in [-0.3, -0.25) is 4.79 Å². The molecule has 1 N–H and O–H groups in total. The average molecular weight is 642 g/mol. The summed E-state index contributed by atoms with van der Waals surface area (Å²) in [4.78, 5) is 12.9. The van der Waals surface area contributed by atoms with E-state index in [1.807, 2.05) is 31.2 Å². The van der Waals surface area contributed by atoms with Crippen LogP contribution >= 0.6 is 46.4 Å². The lowest BCUT2D eigenvalue weighted by atomic mass is 10.1. The molecule has 214 valence electrons. The van der Waals surface area contributed by atoms with E-state index in [-0.39, 0.29) is 17.2 Å². The number of carbonyl (C=O) groups is 1. The molecular weight excluding hydrogens is 618 g/mol.